The molecule has 2 aromatic carbocycles. The zero-order valence-electron chi connectivity index (χ0n) is 28.6. The van der Waals surface area contributed by atoms with Crippen molar-refractivity contribution < 1.29 is 13.9 Å². The lowest BCUT2D eigenvalue weighted by molar-refractivity contribution is 0.193. The van der Waals surface area contributed by atoms with Crippen molar-refractivity contribution in [1.82, 2.24) is 35.9 Å². The summed E-state index contributed by atoms with van der Waals surface area (Å²) in [6, 6.07) is 12.2. The van der Waals surface area contributed by atoms with E-state index in [0.717, 1.165) is 59.5 Å². The number of alkyl halides is 1. The summed E-state index contributed by atoms with van der Waals surface area (Å²) in [4.78, 5) is 18.9. The molecule has 1 saturated heterocycles. The van der Waals surface area contributed by atoms with Crippen LogP contribution >= 0.6 is 11.6 Å². The molecule has 1 unspecified atom stereocenters. The van der Waals surface area contributed by atoms with Crippen molar-refractivity contribution in [2.45, 2.75) is 77.8 Å². The Bertz CT molecular complexity index is 1760. The van der Waals surface area contributed by atoms with E-state index < -0.39 is 11.7 Å². The van der Waals surface area contributed by atoms with Crippen LogP contribution in [0.2, 0.25) is 5.02 Å². The Kier molecular flexibility index (Phi) is 11.3. The molecule has 3 heterocycles. The van der Waals surface area contributed by atoms with Gasteiger partial charge in [-0.25, -0.2) is 14.4 Å². The van der Waals surface area contributed by atoms with Crippen molar-refractivity contribution in [2.75, 3.05) is 20.8 Å². The molecule has 9 nitrogen and oxygen atoms in total. The minimum atomic E-state index is -1.05. The normalized spacial score (nSPS) is 15.6. The predicted octanol–water partition coefficient (Wildman–Crippen LogP) is 7.22. The monoisotopic (exact) mass is 673 g/mol. The minimum Gasteiger partial charge on any atom is -0.480 e. The third-order valence-electron chi connectivity index (χ3n) is 9.01. The second kappa shape index (κ2) is 15.4. The van der Waals surface area contributed by atoms with Crippen molar-refractivity contribution in [3.63, 3.8) is 0 Å². The Morgan fingerprint density at radius 2 is 1.54 bits per heavy atom. The van der Waals surface area contributed by atoms with Gasteiger partial charge >= 0.3 is 0 Å². The molecule has 3 N–H and O–H groups in total. The summed E-state index contributed by atoms with van der Waals surface area (Å²) >= 11 is 7.09. The van der Waals surface area contributed by atoms with Crippen LogP contribution in [0.5, 0.6) is 11.8 Å². The molecule has 0 amide bonds. The molecule has 0 aliphatic carbocycles. The number of piperidine rings is 1. The maximum Gasteiger partial charge on any atom is 0.237 e. The standard InChI is InChI=1S/C37H45ClFN7O2/c1-22-11-8-12-25(44-22)17-40-18-32-35(47-6)45-30(19-41-32)27-14-9-13-26(23(27)2)28-15-10-16-29(34(28)38)31-20-42-33(36(46-31)48-7)21-43-37(4,5)24(3)39/h9-10,13-16,19-20,24-25,40,43-44H,1,8,11-12,17-18,21H2,2-7H3/t24?,25-/m0/s1. The van der Waals surface area contributed by atoms with E-state index in [1.807, 2.05) is 43.3 Å². The highest BCUT2D eigenvalue weighted by Crippen LogP contribution is 2.40. The molecule has 1 aliphatic heterocycles. The fourth-order valence-corrected chi connectivity index (χ4v) is 6.06. The lowest BCUT2D eigenvalue weighted by Gasteiger charge is -2.27. The fraction of sp³-hybridized carbons (Fsp3) is 0.405. The van der Waals surface area contributed by atoms with Gasteiger partial charge in [0.05, 0.1) is 43.0 Å². The van der Waals surface area contributed by atoms with Crippen LogP contribution in [0.3, 0.4) is 0 Å². The summed E-state index contributed by atoms with van der Waals surface area (Å²) in [6.45, 7) is 12.9. The molecule has 1 aliphatic rings. The highest BCUT2D eigenvalue weighted by atomic mass is 35.5. The molecule has 2 aromatic heterocycles. The van der Waals surface area contributed by atoms with Crippen LogP contribution in [0, 0.1) is 6.92 Å². The van der Waals surface area contributed by atoms with Gasteiger partial charge in [-0.05, 0) is 58.1 Å². The molecule has 11 heteroatoms. The van der Waals surface area contributed by atoms with Gasteiger partial charge in [0.2, 0.25) is 11.8 Å². The van der Waals surface area contributed by atoms with Crippen LogP contribution in [0.15, 0.2) is 61.1 Å². The number of halogens is 2. The van der Waals surface area contributed by atoms with Crippen LogP contribution in [0.1, 0.15) is 57.0 Å². The van der Waals surface area contributed by atoms with E-state index in [9.17, 15) is 4.39 Å². The SMILES string of the molecule is C=C1CCC[C@@H](CNCc2ncc(-c3cccc(-c4cccc(-c5cnc(CNC(C)(C)C(C)F)c(OC)n5)c4Cl)c3C)nc2OC)N1. The molecule has 254 valence electrons. The van der Waals surface area contributed by atoms with E-state index in [-0.39, 0.29) is 0 Å². The summed E-state index contributed by atoms with van der Waals surface area (Å²) in [5.74, 6) is 0.837. The number of ether oxygens (including phenoxy) is 2. The molecule has 48 heavy (non-hydrogen) atoms. The van der Waals surface area contributed by atoms with Gasteiger partial charge in [0.1, 0.15) is 17.6 Å². The smallest absolute Gasteiger partial charge is 0.237 e. The van der Waals surface area contributed by atoms with E-state index in [1.54, 1.807) is 40.5 Å². The molecular weight excluding hydrogens is 629 g/mol. The summed E-state index contributed by atoms with van der Waals surface area (Å²) in [5.41, 5.74) is 7.41. The third kappa shape index (κ3) is 7.94. The molecule has 0 radical (unpaired) electrons. The van der Waals surface area contributed by atoms with E-state index in [1.165, 1.54) is 6.92 Å². The van der Waals surface area contributed by atoms with Crippen LogP contribution in [-0.2, 0) is 13.1 Å². The highest BCUT2D eigenvalue weighted by molar-refractivity contribution is 6.36. The Balaban J connectivity index is 1.38. The molecule has 4 aromatic rings. The lowest BCUT2D eigenvalue weighted by Crippen LogP contribution is -2.46. The second-order valence-corrected chi connectivity index (χ2v) is 13.1. The molecular formula is C37H45ClFN7O2. The van der Waals surface area contributed by atoms with Gasteiger partial charge in [0, 0.05) is 53.6 Å². The number of allylic oxidation sites excluding steroid dienone is 1. The first-order chi connectivity index (χ1) is 23.0. The summed E-state index contributed by atoms with van der Waals surface area (Å²) in [7, 11) is 3.16. The maximum atomic E-state index is 14.0. The van der Waals surface area contributed by atoms with Gasteiger partial charge in [0.15, 0.2) is 0 Å². The van der Waals surface area contributed by atoms with Gasteiger partial charge in [-0.3, -0.25) is 9.97 Å². The van der Waals surface area contributed by atoms with Crippen LogP contribution < -0.4 is 25.4 Å². The van der Waals surface area contributed by atoms with Gasteiger partial charge < -0.3 is 25.4 Å². The first kappa shape index (κ1) is 35.2. The second-order valence-electron chi connectivity index (χ2n) is 12.7. The number of hydrogen-bond donors (Lipinski definition) is 3. The molecule has 0 bridgehead atoms. The summed E-state index contributed by atoms with van der Waals surface area (Å²) in [5, 5.41) is 10.7. The Morgan fingerprint density at radius 3 is 2.17 bits per heavy atom. The van der Waals surface area contributed by atoms with E-state index in [0.29, 0.717) is 58.6 Å². The van der Waals surface area contributed by atoms with Crippen molar-refractivity contribution in [3.05, 3.63) is 83.0 Å². The zero-order chi connectivity index (χ0) is 34.4. The van der Waals surface area contributed by atoms with Crippen molar-refractivity contribution in [1.29, 1.82) is 0 Å². The van der Waals surface area contributed by atoms with Gasteiger partial charge in [-0.2, -0.15) is 0 Å². The molecule has 1 fully saturated rings. The molecule has 0 spiro atoms. The average molecular weight is 674 g/mol. The van der Waals surface area contributed by atoms with Crippen molar-refractivity contribution in [3.8, 4) is 45.4 Å². The maximum absolute atomic E-state index is 14.0. The van der Waals surface area contributed by atoms with Crippen LogP contribution in [-0.4, -0.2) is 58.5 Å². The number of benzene rings is 2. The van der Waals surface area contributed by atoms with Crippen LogP contribution in [0.25, 0.3) is 33.6 Å². The highest BCUT2D eigenvalue weighted by Gasteiger charge is 2.26. The fourth-order valence-electron chi connectivity index (χ4n) is 5.73. The Labute approximate surface area is 287 Å². The third-order valence-corrected chi connectivity index (χ3v) is 9.42. The number of aromatic nitrogens is 4. The lowest BCUT2D eigenvalue weighted by atomic mass is 9.93. The Hall–Kier alpha value is -4.12. The molecule has 5 rings (SSSR count). The van der Waals surface area contributed by atoms with E-state index in [2.05, 4.69) is 27.5 Å². The Morgan fingerprint density at radius 1 is 0.958 bits per heavy atom. The van der Waals surface area contributed by atoms with Crippen LogP contribution in [0.4, 0.5) is 4.39 Å². The van der Waals surface area contributed by atoms with Crippen molar-refractivity contribution >= 4 is 11.6 Å². The molecule has 2 atom stereocenters. The van der Waals surface area contributed by atoms with Gasteiger partial charge in [0.25, 0.3) is 0 Å². The van der Waals surface area contributed by atoms with E-state index >= 15 is 0 Å². The molecule has 0 saturated carbocycles. The van der Waals surface area contributed by atoms with E-state index in [4.69, 9.17) is 36.0 Å². The summed E-state index contributed by atoms with van der Waals surface area (Å²) < 4.78 is 25.2. The van der Waals surface area contributed by atoms with Gasteiger partial charge in [-0.15, -0.1) is 0 Å². The summed E-state index contributed by atoms with van der Waals surface area (Å²) in [6.07, 6.45) is 5.71. The number of nitrogens with zero attached hydrogens (tertiary/aromatic N) is 4. The predicted molar refractivity (Wildman–Crippen MR) is 190 cm³/mol. The number of nitrogens with one attached hydrogen (secondary N) is 3. The minimum absolute atomic E-state index is 0.303. The number of methoxy groups -OCH3 is 2. The number of hydrogen-bond acceptors (Lipinski definition) is 9. The first-order valence-corrected chi connectivity index (χ1v) is 16.6. The largest absolute Gasteiger partial charge is 0.480 e. The zero-order valence-corrected chi connectivity index (χ0v) is 29.3. The quantitative estimate of drug-likeness (QED) is 0.136. The number of rotatable bonds is 13. The van der Waals surface area contributed by atoms with Gasteiger partial charge in [-0.1, -0.05) is 54.6 Å². The first-order valence-electron chi connectivity index (χ1n) is 16.3. The van der Waals surface area contributed by atoms with Crippen molar-refractivity contribution in [2.24, 2.45) is 0 Å². The topological polar surface area (TPSA) is 106 Å². The average Bonchev–Trinajstić information content (AvgIpc) is 3.08.